The highest BCUT2D eigenvalue weighted by molar-refractivity contribution is 5.77. The third kappa shape index (κ3) is 6.55. The van der Waals surface area contributed by atoms with Crippen LogP contribution in [0.4, 0.5) is 0 Å². The molecule has 0 saturated carbocycles. The molecule has 0 saturated heterocycles. The van der Waals surface area contributed by atoms with E-state index in [9.17, 15) is 4.79 Å². The lowest BCUT2D eigenvalue weighted by Gasteiger charge is -2.24. The number of aromatic nitrogens is 3. The van der Waals surface area contributed by atoms with E-state index in [1.54, 1.807) is 0 Å². The number of benzene rings is 3. The molecule has 1 amide bonds. The molecule has 5 aromatic rings. The summed E-state index contributed by atoms with van der Waals surface area (Å²) in [5.41, 5.74) is 8.46. The summed E-state index contributed by atoms with van der Waals surface area (Å²) in [6, 6.07) is 23.0. The van der Waals surface area contributed by atoms with Crippen LogP contribution in [0, 0.1) is 13.8 Å². The van der Waals surface area contributed by atoms with Crippen LogP contribution in [0.1, 0.15) is 53.7 Å². The van der Waals surface area contributed by atoms with E-state index in [1.807, 2.05) is 43.0 Å². The number of amides is 1. The van der Waals surface area contributed by atoms with Crippen molar-refractivity contribution in [3.63, 3.8) is 0 Å². The van der Waals surface area contributed by atoms with Crippen LogP contribution in [0.3, 0.4) is 0 Å². The first-order chi connectivity index (χ1) is 21.5. The lowest BCUT2D eigenvalue weighted by molar-refractivity contribution is -0.132. The molecule has 228 valence electrons. The summed E-state index contributed by atoms with van der Waals surface area (Å²) >= 11 is 0. The average Bonchev–Trinajstić information content (AvgIpc) is 3.56. The van der Waals surface area contributed by atoms with Crippen molar-refractivity contribution >= 4 is 16.9 Å². The Bertz CT molecular complexity index is 1730. The van der Waals surface area contributed by atoms with Gasteiger partial charge in [0.05, 0.1) is 29.9 Å². The molecule has 1 aliphatic heterocycles. The molecule has 0 atom stereocenters. The summed E-state index contributed by atoms with van der Waals surface area (Å²) in [5, 5.41) is 4.14. The van der Waals surface area contributed by atoms with Gasteiger partial charge in [-0.15, -0.1) is 0 Å². The molecule has 0 radical (unpaired) electrons. The van der Waals surface area contributed by atoms with Crippen LogP contribution < -0.4 is 4.74 Å². The maximum absolute atomic E-state index is 13.5. The third-order valence-corrected chi connectivity index (χ3v) is 8.33. The van der Waals surface area contributed by atoms with Crippen molar-refractivity contribution in [3.05, 3.63) is 101 Å². The summed E-state index contributed by atoms with van der Waals surface area (Å²) in [6.07, 6.45) is 2.68. The molecule has 44 heavy (non-hydrogen) atoms. The summed E-state index contributed by atoms with van der Waals surface area (Å²) in [6.45, 7) is 9.32. The Balaban J connectivity index is 1.18. The number of hydrogen-bond acceptors (Lipinski definition) is 6. The van der Waals surface area contributed by atoms with Crippen molar-refractivity contribution in [1.29, 1.82) is 0 Å². The number of carbonyl (C=O) groups excluding carboxylic acids is 1. The minimum absolute atomic E-state index is 0.135. The van der Waals surface area contributed by atoms with E-state index in [1.165, 1.54) is 5.56 Å². The molecule has 8 nitrogen and oxygen atoms in total. The summed E-state index contributed by atoms with van der Waals surface area (Å²) in [7, 11) is 0. The summed E-state index contributed by atoms with van der Waals surface area (Å²) < 4.78 is 19.8. The molecule has 1 aliphatic rings. The van der Waals surface area contributed by atoms with E-state index in [4.69, 9.17) is 19.0 Å². The highest BCUT2D eigenvalue weighted by Crippen LogP contribution is 2.32. The minimum Gasteiger partial charge on any atom is -0.491 e. The Morgan fingerprint density at radius 3 is 2.66 bits per heavy atom. The van der Waals surface area contributed by atoms with Crippen molar-refractivity contribution in [3.8, 4) is 16.9 Å². The first-order valence-electron chi connectivity index (χ1n) is 15.6. The fourth-order valence-electron chi connectivity index (χ4n) is 6.19. The molecule has 2 aromatic heterocycles. The average molecular weight is 593 g/mol. The molecule has 3 aromatic carbocycles. The van der Waals surface area contributed by atoms with E-state index < -0.39 is 0 Å². The summed E-state index contributed by atoms with van der Waals surface area (Å²) in [5.74, 6) is 2.82. The van der Waals surface area contributed by atoms with Gasteiger partial charge in [-0.3, -0.25) is 4.79 Å². The third-order valence-electron chi connectivity index (χ3n) is 8.33. The molecule has 0 fully saturated rings. The van der Waals surface area contributed by atoms with Crippen LogP contribution >= 0.6 is 0 Å². The van der Waals surface area contributed by atoms with Crippen molar-refractivity contribution in [2.24, 2.45) is 0 Å². The Labute approximate surface area is 258 Å². The predicted molar refractivity (Wildman–Crippen MR) is 171 cm³/mol. The predicted octanol–water partition coefficient (Wildman–Crippen LogP) is 6.68. The van der Waals surface area contributed by atoms with Gasteiger partial charge in [0.15, 0.2) is 0 Å². The lowest BCUT2D eigenvalue weighted by Crippen LogP contribution is -2.34. The van der Waals surface area contributed by atoms with E-state index >= 15 is 0 Å². The monoisotopic (exact) mass is 592 g/mol. The van der Waals surface area contributed by atoms with Gasteiger partial charge in [0.25, 0.3) is 0 Å². The molecule has 0 spiro atoms. The van der Waals surface area contributed by atoms with Crippen molar-refractivity contribution in [2.45, 2.75) is 59.5 Å². The molecule has 0 aliphatic carbocycles. The normalized spacial score (nSPS) is 14.2. The first kappa shape index (κ1) is 29.6. The van der Waals surface area contributed by atoms with Gasteiger partial charge in [-0.2, -0.15) is 0 Å². The SMILES string of the molecule is CCn1c(CCCC(=O)N2CCOCCOc3ccc(-c4c(C)noc4C)cc3Cc3cccc(c3)C2)nc2ccccc21. The minimum atomic E-state index is 0.135. The lowest BCUT2D eigenvalue weighted by atomic mass is 9.96. The van der Waals surface area contributed by atoms with E-state index in [2.05, 4.69) is 59.1 Å². The fourth-order valence-corrected chi connectivity index (χ4v) is 6.19. The van der Waals surface area contributed by atoms with Gasteiger partial charge in [0, 0.05) is 44.5 Å². The van der Waals surface area contributed by atoms with Crippen LogP contribution in [0.15, 0.2) is 71.3 Å². The zero-order chi connectivity index (χ0) is 30.5. The van der Waals surface area contributed by atoms with Gasteiger partial charge < -0.3 is 23.5 Å². The zero-order valence-electron chi connectivity index (χ0n) is 25.8. The van der Waals surface area contributed by atoms with Crippen LogP contribution in [0.2, 0.25) is 0 Å². The zero-order valence-corrected chi connectivity index (χ0v) is 25.8. The van der Waals surface area contributed by atoms with Crippen molar-refractivity contribution < 1.29 is 18.8 Å². The van der Waals surface area contributed by atoms with Gasteiger partial charge >= 0.3 is 0 Å². The number of rotatable bonds is 6. The Morgan fingerprint density at radius 1 is 0.955 bits per heavy atom. The highest BCUT2D eigenvalue weighted by atomic mass is 16.5. The Morgan fingerprint density at radius 2 is 1.82 bits per heavy atom. The number of carbonyl (C=O) groups is 1. The first-order valence-corrected chi connectivity index (χ1v) is 15.6. The van der Waals surface area contributed by atoms with Gasteiger partial charge in [-0.1, -0.05) is 47.6 Å². The Hall–Kier alpha value is -4.43. The molecule has 6 rings (SSSR count). The smallest absolute Gasteiger partial charge is 0.222 e. The number of fused-ring (bicyclic) bond motifs is 4. The number of aryl methyl sites for hydroxylation is 4. The van der Waals surface area contributed by atoms with Crippen LogP contribution in [0.5, 0.6) is 5.75 Å². The van der Waals surface area contributed by atoms with Gasteiger partial charge in [-0.25, -0.2) is 4.98 Å². The summed E-state index contributed by atoms with van der Waals surface area (Å²) in [4.78, 5) is 20.3. The maximum Gasteiger partial charge on any atom is 0.222 e. The van der Waals surface area contributed by atoms with Gasteiger partial charge in [-0.05, 0) is 73.7 Å². The maximum atomic E-state index is 13.5. The second-order valence-electron chi connectivity index (χ2n) is 11.4. The van der Waals surface area contributed by atoms with Crippen LogP contribution in [0.25, 0.3) is 22.2 Å². The number of ether oxygens (including phenoxy) is 2. The molecular formula is C36H40N4O4. The second-order valence-corrected chi connectivity index (χ2v) is 11.4. The Kier molecular flexibility index (Phi) is 9.07. The molecule has 2 bridgehead atoms. The standard InChI is InChI=1S/C36H40N4O4/c1-4-40-32-12-6-5-11-31(32)37-34(40)13-8-14-35(41)39-17-18-42-19-20-43-33-16-15-29(36-25(2)38-44-26(36)3)23-30(33)22-27-9-7-10-28(21-27)24-39/h5-7,9-12,15-16,21,23H,4,8,13-14,17-20,22,24H2,1-3H3. The molecule has 0 N–H and O–H groups in total. The number of imidazole rings is 1. The van der Waals surface area contributed by atoms with Crippen LogP contribution in [-0.2, 0) is 35.5 Å². The number of nitrogens with zero attached hydrogens (tertiary/aromatic N) is 4. The van der Waals surface area contributed by atoms with Crippen LogP contribution in [-0.4, -0.2) is 51.9 Å². The van der Waals surface area contributed by atoms with E-state index in [0.717, 1.165) is 75.7 Å². The topological polar surface area (TPSA) is 82.6 Å². The van der Waals surface area contributed by atoms with E-state index in [-0.39, 0.29) is 5.91 Å². The van der Waals surface area contributed by atoms with Gasteiger partial charge in [0.2, 0.25) is 5.91 Å². The van der Waals surface area contributed by atoms with Gasteiger partial charge in [0.1, 0.15) is 23.9 Å². The molecule has 8 heteroatoms. The quantitative estimate of drug-likeness (QED) is 0.219. The molecular weight excluding hydrogens is 552 g/mol. The number of hydrogen-bond donors (Lipinski definition) is 0. The number of para-hydroxylation sites is 2. The highest BCUT2D eigenvalue weighted by Gasteiger charge is 2.18. The van der Waals surface area contributed by atoms with E-state index in [0.29, 0.717) is 45.8 Å². The second kappa shape index (κ2) is 13.5. The fraction of sp³-hybridized carbons (Fsp3) is 0.361. The molecule has 3 heterocycles. The van der Waals surface area contributed by atoms with Crippen molar-refractivity contribution in [1.82, 2.24) is 19.6 Å². The largest absolute Gasteiger partial charge is 0.491 e. The van der Waals surface area contributed by atoms with Crippen molar-refractivity contribution in [2.75, 3.05) is 26.4 Å². The molecule has 0 unspecified atom stereocenters.